The predicted octanol–water partition coefficient (Wildman–Crippen LogP) is 1.29. The van der Waals surface area contributed by atoms with Crippen molar-refractivity contribution in [3.63, 3.8) is 0 Å². The Kier molecular flexibility index (Phi) is 5.25. The highest BCUT2D eigenvalue weighted by molar-refractivity contribution is 6.39. The van der Waals surface area contributed by atoms with Crippen molar-refractivity contribution in [1.29, 1.82) is 0 Å². The molecule has 0 spiro atoms. The van der Waals surface area contributed by atoms with Gasteiger partial charge in [-0.1, -0.05) is 0 Å². The number of ether oxygens (including phenoxy) is 1. The molecule has 0 aliphatic carbocycles. The Morgan fingerprint density at radius 2 is 1.95 bits per heavy atom. The van der Waals surface area contributed by atoms with E-state index in [-0.39, 0.29) is 18.0 Å². The second kappa shape index (κ2) is 6.91. The Bertz CT molecular complexity index is 588. The van der Waals surface area contributed by atoms with E-state index in [4.69, 9.17) is 10.3 Å². The van der Waals surface area contributed by atoms with Crippen molar-refractivity contribution >= 4 is 23.2 Å². The number of hydrogen-bond donors (Lipinski definition) is 0. The van der Waals surface area contributed by atoms with Crippen molar-refractivity contribution in [1.82, 2.24) is 0 Å². The third-order valence-electron chi connectivity index (χ3n) is 2.41. The Morgan fingerprint density at radius 1 is 1.35 bits per heavy atom. The maximum Gasteiger partial charge on any atom is 0.331 e. The average Bonchev–Trinajstić information content (AvgIpc) is 2.44. The second-order valence-corrected chi connectivity index (χ2v) is 3.87. The third-order valence-corrected chi connectivity index (χ3v) is 2.41. The molecular weight excluding hydrogens is 266 g/mol. The van der Waals surface area contributed by atoms with Gasteiger partial charge < -0.3 is 10.3 Å². The summed E-state index contributed by atoms with van der Waals surface area (Å²) in [6.07, 6.45) is -0.525. The largest absolute Gasteiger partial charge is 0.460 e. The molecule has 1 aromatic carbocycles. The molecule has 0 amide bonds. The van der Waals surface area contributed by atoms with Crippen molar-refractivity contribution in [3.05, 3.63) is 45.5 Å². The molecule has 0 N–H and O–H groups in total. The van der Waals surface area contributed by atoms with Crippen LogP contribution in [0, 0.1) is 10.1 Å². The molecule has 20 heavy (non-hydrogen) atoms. The number of ketones is 1. The van der Waals surface area contributed by atoms with E-state index >= 15 is 0 Å². The second-order valence-electron chi connectivity index (χ2n) is 3.87. The maximum absolute atomic E-state index is 11.3. The zero-order valence-corrected chi connectivity index (χ0v) is 10.6. The van der Waals surface area contributed by atoms with Gasteiger partial charge >= 0.3 is 11.7 Å². The summed E-state index contributed by atoms with van der Waals surface area (Å²) in [5.41, 5.74) is 8.67. The van der Waals surface area contributed by atoms with Crippen LogP contribution in [0.2, 0.25) is 0 Å². The highest BCUT2D eigenvalue weighted by atomic mass is 16.6. The number of non-ortho nitro benzene ring substituents is 1. The van der Waals surface area contributed by atoms with E-state index in [0.717, 1.165) is 0 Å². The summed E-state index contributed by atoms with van der Waals surface area (Å²) >= 11 is 0. The minimum Gasteiger partial charge on any atom is -0.460 e. The van der Waals surface area contributed by atoms with Gasteiger partial charge in [0.2, 0.25) is 5.78 Å². The molecule has 0 heterocycles. The summed E-state index contributed by atoms with van der Waals surface area (Å²) in [6, 6.07) is 5.48. The van der Waals surface area contributed by atoms with E-state index in [1.807, 2.05) is 0 Å². The van der Waals surface area contributed by atoms with Gasteiger partial charge in [-0.15, -0.1) is 0 Å². The maximum atomic E-state index is 11.3. The first-order chi connectivity index (χ1) is 9.43. The lowest BCUT2D eigenvalue weighted by Gasteiger charge is -2.03. The molecule has 104 valence electrons. The molecule has 0 fully saturated rings. The molecule has 0 saturated heterocycles. The van der Waals surface area contributed by atoms with Gasteiger partial charge in [0.1, 0.15) is 13.0 Å². The first-order valence-electron chi connectivity index (χ1n) is 5.55. The van der Waals surface area contributed by atoms with Gasteiger partial charge in [0.25, 0.3) is 5.69 Å². The third kappa shape index (κ3) is 4.43. The molecule has 1 aromatic rings. The lowest BCUT2D eigenvalue weighted by atomic mass is 10.2. The normalized spacial score (nSPS) is 9.45. The van der Waals surface area contributed by atoms with Gasteiger partial charge in [-0.3, -0.25) is 19.7 Å². The number of Topliss-reactive ketones (excluding diaryl/α,β-unsaturated/α-hetero) is 1. The highest BCUT2D eigenvalue weighted by Crippen LogP contribution is 2.12. The lowest BCUT2D eigenvalue weighted by molar-refractivity contribution is -0.384. The van der Waals surface area contributed by atoms with Crippen LogP contribution in [0.1, 0.15) is 18.9 Å². The van der Waals surface area contributed by atoms with Crippen molar-refractivity contribution in [2.24, 2.45) is 0 Å². The Balaban J connectivity index is 2.51. The number of rotatable bonds is 6. The zero-order chi connectivity index (χ0) is 15.1. The minimum atomic E-state index is -0.767. The van der Waals surface area contributed by atoms with E-state index < -0.39 is 23.1 Å². The van der Waals surface area contributed by atoms with Gasteiger partial charge in [0.05, 0.1) is 4.92 Å². The predicted molar refractivity (Wildman–Crippen MR) is 66.8 cm³/mol. The smallest absolute Gasteiger partial charge is 0.331 e. The van der Waals surface area contributed by atoms with Crippen LogP contribution >= 0.6 is 0 Å². The molecule has 0 aromatic heterocycles. The van der Waals surface area contributed by atoms with Crippen molar-refractivity contribution in [2.75, 3.05) is 0 Å². The molecule has 0 unspecified atom stereocenters. The van der Waals surface area contributed by atoms with E-state index in [1.54, 1.807) is 0 Å². The van der Waals surface area contributed by atoms with Crippen LogP contribution < -0.4 is 0 Å². The number of nitrogens with zero attached hydrogens (tertiary/aromatic N) is 3. The molecule has 0 saturated carbocycles. The summed E-state index contributed by atoms with van der Waals surface area (Å²) < 4.78 is 4.83. The molecule has 0 bridgehead atoms. The summed E-state index contributed by atoms with van der Waals surface area (Å²) in [6.45, 7) is 1.17. The van der Waals surface area contributed by atoms with E-state index in [0.29, 0.717) is 5.56 Å². The number of benzene rings is 1. The number of hydrogen-bond acceptors (Lipinski definition) is 5. The van der Waals surface area contributed by atoms with Crippen molar-refractivity contribution in [2.45, 2.75) is 20.0 Å². The SMILES string of the molecule is CC(=[N+]=[N-])C(=O)CC(=O)OCc1ccc([N+](=O)[O-])cc1. The van der Waals surface area contributed by atoms with Gasteiger partial charge in [0, 0.05) is 19.1 Å². The number of carbonyl (C=O) groups excluding carboxylic acids is 2. The Hall–Kier alpha value is -2.86. The van der Waals surface area contributed by atoms with E-state index in [2.05, 4.69) is 4.79 Å². The lowest BCUT2D eigenvalue weighted by Crippen LogP contribution is -2.17. The van der Waals surface area contributed by atoms with Crippen molar-refractivity contribution < 1.29 is 24.0 Å². The van der Waals surface area contributed by atoms with Gasteiger partial charge in [0.15, 0.2) is 0 Å². The van der Waals surface area contributed by atoms with Crippen LogP contribution in [-0.2, 0) is 20.9 Å². The molecule has 0 radical (unpaired) electrons. The molecule has 0 aliphatic heterocycles. The first kappa shape index (κ1) is 15.2. The quantitative estimate of drug-likeness (QED) is 0.147. The van der Waals surface area contributed by atoms with Crippen LogP contribution in [0.4, 0.5) is 5.69 Å². The van der Waals surface area contributed by atoms with E-state index in [1.165, 1.54) is 31.2 Å². The standard InChI is InChI=1S/C12H11N3O5/c1-8(14-13)11(16)6-12(17)20-7-9-2-4-10(5-3-9)15(18)19/h2-5H,6-7H2,1H3. The van der Waals surface area contributed by atoms with Gasteiger partial charge in [-0.2, -0.15) is 4.79 Å². The first-order valence-corrected chi connectivity index (χ1v) is 5.55. The van der Waals surface area contributed by atoms with Gasteiger partial charge in [-0.05, 0) is 17.7 Å². The van der Waals surface area contributed by atoms with Crippen LogP contribution in [0.5, 0.6) is 0 Å². The fourth-order valence-corrected chi connectivity index (χ4v) is 1.24. The topological polar surface area (TPSA) is 123 Å². The van der Waals surface area contributed by atoms with E-state index in [9.17, 15) is 19.7 Å². The van der Waals surface area contributed by atoms with Crippen LogP contribution in [0.25, 0.3) is 5.53 Å². The number of nitro benzene ring substituents is 1. The molecule has 8 nitrogen and oxygen atoms in total. The summed E-state index contributed by atoms with van der Waals surface area (Å²) in [7, 11) is 0. The minimum absolute atomic E-state index is 0.0648. The van der Waals surface area contributed by atoms with Crippen LogP contribution in [0.3, 0.4) is 0 Å². The van der Waals surface area contributed by atoms with Crippen molar-refractivity contribution in [3.8, 4) is 0 Å². The number of carbonyl (C=O) groups is 2. The summed E-state index contributed by atoms with van der Waals surface area (Å²) in [4.78, 5) is 35.2. The Labute approximate surface area is 113 Å². The van der Waals surface area contributed by atoms with Gasteiger partial charge in [-0.25, -0.2) is 0 Å². The molecular formula is C12H11N3O5. The molecule has 1 rings (SSSR count). The highest BCUT2D eigenvalue weighted by Gasteiger charge is 2.19. The van der Waals surface area contributed by atoms with Crippen LogP contribution in [0.15, 0.2) is 24.3 Å². The molecule has 0 aliphatic rings. The van der Waals surface area contributed by atoms with Crippen LogP contribution in [-0.4, -0.2) is 27.2 Å². The average molecular weight is 277 g/mol. The molecule has 8 heteroatoms. The number of esters is 1. The fourth-order valence-electron chi connectivity index (χ4n) is 1.24. The Morgan fingerprint density at radius 3 is 2.45 bits per heavy atom. The fraction of sp³-hybridized carbons (Fsp3) is 0.250. The molecule has 0 atom stereocenters. The summed E-state index contributed by atoms with van der Waals surface area (Å²) in [5.74, 6) is -1.41. The number of nitro groups is 1. The summed E-state index contributed by atoms with van der Waals surface area (Å²) in [5, 5.41) is 10.4. The monoisotopic (exact) mass is 277 g/mol. The zero-order valence-electron chi connectivity index (χ0n) is 10.6.